The Morgan fingerprint density at radius 1 is 1.10 bits per heavy atom. The lowest BCUT2D eigenvalue weighted by molar-refractivity contribution is -0.137. The molecule has 3 heterocycles. The van der Waals surface area contributed by atoms with E-state index in [2.05, 4.69) is 4.98 Å². The van der Waals surface area contributed by atoms with Crippen molar-refractivity contribution in [2.45, 2.75) is 25.4 Å². The zero-order valence-corrected chi connectivity index (χ0v) is 16.5. The van der Waals surface area contributed by atoms with Gasteiger partial charge in [0.25, 0.3) is 0 Å². The van der Waals surface area contributed by atoms with Gasteiger partial charge in [-0.15, -0.1) is 0 Å². The van der Waals surface area contributed by atoms with E-state index in [-0.39, 0.29) is 30.3 Å². The summed E-state index contributed by atoms with van der Waals surface area (Å²) in [6, 6.07) is 11.1. The molecule has 0 radical (unpaired) electrons. The maximum absolute atomic E-state index is 13.0. The van der Waals surface area contributed by atoms with Crippen LogP contribution < -0.4 is 14.4 Å². The van der Waals surface area contributed by atoms with Crippen LogP contribution in [0.15, 0.2) is 48.8 Å². The van der Waals surface area contributed by atoms with Crippen molar-refractivity contribution in [3.63, 3.8) is 0 Å². The minimum absolute atomic E-state index is 0.0108. The summed E-state index contributed by atoms with van der Waals surface area (Å²) in [5, 5.41) is 0. The van der Waals surface area contributed by atoms with Crippen LogP contribution in [0.4, 0.5) is 5.69 Å². The number of ether oxygens (including phenoxy) is 2. The number of anilines is 1. The molecule has 0 saturated carbocycles. The Kier molecular flexibility index (Phi) is 5.64. The van der Waals surface area contributed by atoms with E-state index in [4.69, 9.17) is 9.47 Å². The number of methoxy groups -OCH3 is 1. The molecule has 0 N–H and O–H groups in total. The predicted octanol–water partition coefficient (Wildman–Crippen LogP) is 2.51. The van der Waals surface area contributed by atoms with Gasteiger partial charge in [-0.2, -0.15) is 0 Å². The fraction of sp³-hybridized carbons (Fsp3) is 0.409. The number of carbonyl (C=O) groups is 2. The van der Waals surface area contributed by atoms with Gasteiger partial charge in [-0.25, -0.2) is 0 Å². The highest BCUT2D eigenvalue weighted by Crippen LogP contribution is 2.29. The number of hydrogen-bond donors (Lipinski definition) is 0. The molecule has 7 nitrogen and oxygen atoms in total. The summed E-state index contributed by atoms with van der Waals surface area (Å²) in [5.74, 6) is 1.26. The second-order valence-corrected chi connectivity index (χ2v) is 7.43. The van der Waals surface area contributed by atoms with Gasteiger partial charge in [0.05, 0.1) is 19.2 Å². The molecular formula is C22H25N3O4. The van der Waals surface area contributed by atoms with Crippen LogP contribution in [0.1, 0.15) is 19.3 Å². The lowest BCUT2D eigenvalue weighted by Gasteiger charge is -2.33. The van der Waals surface area contributed by atoms with E-state index < -0.39 is 0 Å². The molecule has 2 amide bonds. The third-order valence-corrected chi connectivity index (χ3v) is 5.55. The Labute approximate surface area is 170 Å². The van der Waals surface area contributed by atoms with Gasteiger partial charge in [-0.3, -0.25) is 14.6 Å². The fourth-order valence-corrected chi connectivity index (χ4v) is 3.95. The van der Waals surface area contributed by atoms with Crippen LogP contribution in [-0.4, -0.2) is 54.5 Å². The van der Waals surface area contributed by atoms with Gasteiger partial charge in [-0.1, -0.05) is 0 Å². The number of amides is 2. The van der Waals surface area contributed by atoms with Crippen molar-refractivity contribution in [2.24, 2.45) is 5.92 Å². The van der Waals surface area contributed by atoms with Crippen LogP contribution in [0.25, 0.3) is 0 Å². The van der Waals surface area contributed by atoms with Crippen molar-refractivity contribution >= 4 is 17.5 Å². The number of hydrogen-bond acceptors (Lipinski definition) is 5. The van der Waals surface area contributed by atoms with Crippen LogP contribution in [0.2, 0.25) is 0 Å². The van der Waals surface area contributed by atoms with Gasteiger partial charge in [-0.05, 0) is 36.4 Å². The van der Waals surface area contributed by atoms with Crippen molar-refractivity contribution in [3.8, 4) is 11.5 Å². The summed E-state index contributed by atoms with van der Waals surface area (Å²) in [6.07, 6.45) is 5.33. The van der Waals surface area contributed by atoms with Crippen LogP contribution in [0.5, 0.6) is 11.5 Å². The minimum Gasteiger partial charge on any atom is -0.497 e. The third-order valence-electron chi connectivity index (χ3n) is 5.55. The Morgan fingerprint density at radius 3 is 2.52 bits per heavy atom. The summed E-state index contributed by atoms with van der Waals surface area (Å²) in [5.41, 5.74) is 0.801. The molecule has 7 heteroatoms. The number of aromatic nitrogens is 1. The second-order valence-electron chi connectivity index (χ2n) is 7.43. The highest BCUT2D eigenvalue weighted by atomic mass is 16.5. The Bertz CT molecular complexity index is 848. The van der Waals surface area contributed by atoms with Crippen molar-refractivity contribution in [2.75, 3.05) is 31.6 Å². The van der Waals surface area contributed by atoms with Gasteiger partial charge in [0.15, 0.2) is 0 Å². The van der Waals surface area contributed by atoms with E-state index in [1.807, 2.05) is 41.3 Å². The second kappa shape index (κ2) is 8.51. The van der Waals surface area contributed by atoms with Crippen LogP contribution in [0.3, 0.4) is 0 Å². The van der Waals surface area contributed by atoms with Crippen molar-refractivity contribution in [3.05, 3.63) is 48.8 Å². The van der Waals surface area contributed by atoms with Crippen LogP contribution in [0, 0.1) is 5.92 Å². The Morgan fingerprint density at radius 2 is 1.86 bits per heavy atom. The quantitative estimate of drug-likeness (QED) is 0.778. The topological polar surface area (TPSA) is 72.0 Å². The maximum atomic E-state index is 13.0. The monoisotopic (exact) mass is 395 g/mol. The van der Waals surface area contributed by atoms with E-state index >= 15 is 0 Å². The lowest BCUT2D eigenvalue weighted by Crippen LogP contribution is -2.44. The number of rotatable bonds is 5. The number of pyridine rings is 1. The largest absolute Gasteiger partial charge is 0.497 e. The van der Waals surface area contributed by atoms with E-state index in [0.717, 1.165) is 30.0 Å². The Hall–Kier alpha value is -3.09. The number of likely N-dealkylation sites (tertiary alicyclic amines) is 1. The number of carbonyl (C=O) groups excluding carboxylic acids is 2. The molecule has 1 aromatic heterocycles. The molecule has 2 fully saturated rings. The first-order valence-corrected chi connectivity index (χ1v) is 9.94. The number of piperidine rings is 1. The molecule has 0 bridgehead atoms. The van der Waals surface area contributed by atoms with Gasteiger partial charge in [0.2, 0.25) is 11.8 Å². The Balaban J connectivity index is 1.31. The molecule has 0 spiro atoms. The van der Waals surface area contributed by atoms with Gasteiger partial charge in [0.1, 0.15) is 17.6 Å². The van der Waals surface area contributed by atoms with Gasteiger partial charge in [0, 0.05) is 50.8 Å². The highest BCUT2D eigenvalue weighted by Gasteiger charge is 2.38. The SMILES string of the molecule is COc1ccc(N2CC(C(=O)N3CCC(Oc4cccnc4)CC3)CC2=O)cc1. The van der Waals surface area contributed by atoms with Crippen LogP contribution in [-0.2, 0) is 9.59 Å². The normalized spacial score (nSPS) is 20.0. The van der Waals surface area contributed by atoms with Crippen molar-refractivity contribution in [1.29, 1.82) is 0 Å². The molecule has 2 aliphatic heterocycles. The first-order chi connectivity index (χ1) is 14.1. The van der Waals surface area contributed by atoms with Crippen molar-refractivity contribution in [1.82, 2.24) is 9.88 Å². The molecule has 1 atom stereocenters. The van der Waals surface area contributed by atoms with E-state index in [9.17, 15) is 9.59 Å². The van der Waals surface area contributed by atoms with E-state index in [0.29, 0.717) is 19.6 Å². The summed E-state index contributed by atoms with van der Waals surface area (Å²) < 4.78 is 11.1. The highest BCUT2D eigenvalue weighted by molar-refractivity contribution is 6.00. The zero-order valence-electron chi connectivity index (χ0n) is 16.5. The zero-order chi connectivity index (χ0) is 20.2. The fourth-order valence-electron chi connectivity index (χ4n) is 3.95. The molecule has 1 aromatic carbocycles. The molecule has 4 rings (SSSR count). The van der Waals surface area contributed by atoms with Gasteiger partial charge < -0.3 is 19.3 Å². The molecular weight excluding hydrogens is 370 g/mol. The van der Waals surface area contributed by atoms with E-state index in [1.54, 1.807) is 24.4 Å². The van der Waals surface area contributed by atoms with Gasteiger partial charge >= 0.3 is 0 Å². The summed E-state index contributed by atoms with van der Waals surface area (Å²) in [4.78, 5) is 33.1. The molecule has 2 aromatic rings. The molecule has 29 heavy (non-hydrogen) atoms. The van der Waals surface area contributed by atoms with Crippen molar-refractivity contribution < 1.29 is 19.1 Å². The standard InChI is InChI=1S/C22H25N3O4/c1-28-18-6-4-17(5-7-18)25-15-16(13-21(25)26)22(27)24-11-8-19(9-12-24)29-20-3-2-10-23-14-20/h2-7,10,14,16,19H,8-9,11-13,15H2,1H3. The first kappa shape index (κ1) is 19.2. The molecule has 0 aliphatic carbocycles. The average Bonchev–Trinajstić information content (AvgIpc) is 3.16. The molecule has 152 valence electrons. The van der Waals surface area contributed by atoms with Crippen LogP contribution >= 0.6 is 0 Å². The average molecular weight is 395 g/mol. The smallest absolute Gasteiger partial charge is 0.228 e. The summed E-state index contributed by atoms with van der Waals surface area (Å²) in [7, 11) is 1.61. The number of benzene rings is 1. The summed E-state index contributed by atoms with van der Waals surface area (Å²) >= 11 is 0. The summed E-state index contributed by atoms with van der Waals surface area (Å²) in [6.45, 7) is 1.73. The minimum atomic E-state index is -0.291. The third kappa shape index (κ3) is 4.34. The van der Waals surface area contributed by atoms with E-state index in [1.165, 1.54) is 0 Å². The predicted molar refractivity (Wildman–Crippen MR) is 108 cm³/mol. The number of nitrogens with zero attached hydrogens (tertiary/aromatic N) is 3. The lowest BCUT2D eigenvalue weighted by atomic mass is 10.0. The maximum Gasteiger partial charge on any atom is 0.228 e. The molecule has 1 unspecified atom stereocenters. The molecule has 2 aliphatic rings. The molecule has 2 saturated heterocycles. The first-order valence-electron chi connectivity index (χ1n) is 9.94.